The molecule has 1 heterocycles. The summed E-state index contributed by atoms with van der Waals surface area (Å²) < 4.78 is 35.3. The second-order valence-corrected chi connectivity index (χ2v) is 8.72. The van der Waals surface area contributed by atoms with Gasteiger partial charge in [0.2, 0.25) is 10.0 Å². The third kappa shape index (κ3) is 8.38. The number of cyclic esters (lactones) is 1. The SMILES string of the molecule is CS(=O)(=O)NCCCOc1cc(O)c2c(c1)C=CCCCC(=O)CC=CCOC2=O. The van der Waals surface area contributed by atoms with Crippen molar-refractivity contribution in [1.82, 2.24) is 4.72 Å². The van der Waals surface area contributed by atoms with Gasteiger partial charge in [0.15, 0.2) is 0 Å². The number of carbonyl (C=O) groups is 2. The predicted octanol–water partition coefficient (Wildman–Crippen LogP) is 2.58. The second kappa shape index (κ2) is 11.5. The van der Waals surface area contributed by atoms with Crippen molar-refractivity contribution in [2.45, 2.75) is 32.1 Å². The first-order valence-electron chi connectivity index (χ1n) is 9.71. The number of aromatic hydroxyl groups is 1. The number of sulfonamides is 1. The number of rotatable bonds is 6. The van der Waals surface area contributed by atoms with Crippen molar-refractivity contribution in [3.63, 3.8) is 0 Å². The summed E-state index contributed by atoms with van der Waals surface area (Å²) in [5.74, 6) is -0.469. The van der Waals surface area contributed by atoms with Gasteiger partial charge in [0, 0.05) is 25.5 Å². The highest BCUT2D eigenvalue weighted by Gasteiger charge is 2.18. The van der Waals surface area contributed by atoms with E-state index in [1.54, 1.807) is 24.3 Å². The predicted molar refractivity (Wildman–Crippen MR) is 113 cm³/mol. The Morgan fingerprint density at radius 3 is 2.77 bits per heavy atom. The zero-order chi connectivity index (χ0) is 22.0. The quantitative estimate of drug-likeness (QED) is 0.399. The van der Waals surface area contributed by atoms with Gasteiger partial charge >= 0.3 is 5.97 Å². The van der Waals surface area contributed by atoms with Crippen molar-refractivity contribution in [1.29, 1.82) is 0 Å². The van der Waals surface area contributed by atoms with Gasteiger partial charge in [-0.25, -0.2) is 17.9 Å². The molecular formula is C21H27NO7S. The number of fused-ring (bicyclic) bond motifs is 1. The van der Waals surface area contributed by atoms with Gasteiger partial charge in [-0.3, -0.25) is 4.79 Å². The first-order chi connectivity index (χ1) is 14.3. The Labute approximate surface area is 176 Å². The lowest BCUT2D eigenvalue weighted by Gasteiger charge is -2.12. The summed E-state index contributed by atoms with van der Waals surface area (Å²) in [4.78, 5) is 24.2. The van der Waals surface area contributed by atoms with Crippen molar-refractivity contribution in [3.05, 3.63) is 41.5 Å². The first kappa shape index (κ1) is 23.6. The molecule has 0 atom stereocenters. The smallest absolute Gasteiger partial charge is 0.342 e. The summed E-state index contributed by atoms with van der Waals surface area (Å²) in [6.07, 6.45) is 10.4. The average molecular weight is 438 g/mol. The van der Waals surface area contributed by atoms with Crippen LogP contribution < -0.4 is 9.46 Å². The number of esters is 1. The highest BCUT2D eigenvalue weighted by molar-refractivity contribution is 7.88. The Hall–Kier alpha value is -2.65. The monoisotopic (exact) mass is 437 g/mol. The van der Waals surface area contributed by atoms with E-state index in [-0.39, 0.29) is 36.9 Å². The molecule has 2 N–H and O–H groups in total. The standard InChI is InChI=1S/C21H27NO7S/c1-30(26,27)22-11-7-13-28-18-14-16-8-3-2-4-9-17(23)10-5-6-12-29-21(25)20(16)19(24)15-18/h3,5-6,8,14-15,22,24H,2,4,7,9-13H2,1H3. The van der Waals surface area contributed by atoms with Crippen molar-refractivity contribution in [3.8, 4) is 11.5 Å². The Kier molecular flexibility index (Phi) is 9.07. The summed E-state index contributed by atoms with van der Waals surface area (Å²) >= 11 is 0. The lowest BCUT2D eigenvalue weighted by atomic mass is 10.0. The van der Waals surface area contributed by atoms with Gasteiger partial charge in [-0.05, 0) is 30.9 Å². The molecule has 1 aromatic rings. The van der Waals surface area contributed by atoms with Gasteiger partial charge in [0.05, 0.1) is 12.9 Å². The van der Waals surface area contributed by atoms with E-state index in [4.69, 9.17) is 9.47 Å². The van der Waals surface area contributed by atoms with E-state index >= 15 is 0 Å². The van der Waals surface area contributed by atoms with Gasteiger partial charge < -0.3 is 14.6 Å². The van der Waals surface area contributed by atoms with E-state index in [0.29, 0.717) is 43.4 Å². The number of benzene rings is 1. The Bertz CT molecular complexity index is 920. The van der Waals surface area contributed by atoms with Crippen molar-refractivity contribution >= 4 is 27.9 Å². The maximum absolute atomic E-state index is 12.4. The van der Waals surface area contributed by atoms with Crippen LogP contribution in [-0.2, 0) is 19.6 Å². The van der Waals surface area contributed by atoms with Crippen LogP contribution >= 0.6 is 0 Å². The molecule has 9 heteroatoms. The maximum atomic E-state index is 12.4. The number of hydrogen-bond acceptors (Lipinski definition) is 7. The number of ketones is 1. The van der Waals surface area contributed by atoms with E-state index in [1.165, 1.54) is 6.07 Å². The van der Waals surface area contributed by atoms with Gasteiger partial charge in [-0.1, -0.05) is 24.3 Å². The molecule has 0 aromatic heterocycles. The molecule has 2 rings (SSSR count). The third-order valence-electron chi connectivity index (χ3n) is 4.23. The Balaban J connectivity index is 2.14. The average Bonchev–Trinajstić information content (AvgIpc) is 2.65. The second-order valence-electron chi connectivity index (χ2n) is 6.88. The summed E-state index contributed by atoms with van der Waals surface area (Å²) in [7, 11) is -3.25. The number of phenolic OH excluding ortho intramolecular Hbond substituents is 1. The molecule has 0 radical (unpaired) electrons. The molecule has 0 bridgehead atoms. The number of hydrogen-bond donors (Lipinski definition) is 2. The van der Waals surface area contributed by atoms with Crippen molar-refractivity contribution in [2.24, 2.45) is 0 Å². The lowest BCUT2D eigenvalue weighted by molar-refractivity contribution is -0.118. The minimum Gasteiger partial charge on any atom is -0.507 e. The fraction of sp³-hybridized carbons (Fsp3) is 0.429. The zero-order valence-corrected chi connectivity index (χ0v) is 17.7. The van der Waals surface area contributed by atoms with Gasteiger partial charge in [0.1, 0.15) is 29.5 Å². The van der Waals surface area contributed by atoms with Crippen molar-refractivity contribution < 1.29 is 32.6 Å². The number of Topliss-reactive ketones (excluding diaryl/α,β-unsaturated/α-hetero) is 1. The van der Waals surface area contributed by atoms with Crippen LogP contribution in [0.25, 0.3) is 6.08 Å². The number of carbonyl (C=O) groups excluding carboxylic acids is 2. The van der Waals surface area contributed by atoms with Crippen LogP contribution in [0.4, 0.5) is 0 Å². The Morgan fingerprint density at radius 2 is 2.00 bits per heavy atom. The molecule has 0 unspecified atom stereocenters. The molecule has 1 aliphatic rings. The van der Waals surface area contributed by atoms with Crippen LogP contribution in [0.3, 0.4) is 0 Å². The zero-order valence-electron chi connectivity index (χ0n) is 16.9. The molecule has 0 saturated heterocycles. The topological polar surface area (TPSA) is 119 Å². The van der Waals surface area contributed by atoms with Crippen LogP contribution in [0.1, 0.15) is 48.0 Å². The molecule has 8 nitrogen and oxygen atoms in total. The maximum Gasteiger partial charge on any atom is 0.342 e. The van der Waals surface area contributed by atoms with Gasteiger partial charge in [-0.15, -0.1) is 0 Å². The fourth-order valence-electron chi connectivity index (χ4n) is 2.79. The molecule has 0 amide bonds. The molecule has 0 aliphatic carbocycles. The minimum atomic E-state index is -3.25. The summed E-state index contributed by atoms with van der Waals surface area (Å²) in [6, 6.07) is 2.94. The van der Waals surface area contributed by atoms with E-state index in [1.807, 2.05) is 6.08 Å². The molecule has 0 saturated carbocycles. The van der Waals surface area contributed by atoms with E-state index in [0.717, 1.165) is 6.26 Å². The molecule has 1 aromatic carbocycles. The molecule has 30 heavy (non-hydrogen) atoms. The first-order valence-corrected chi connectivity index (χ1v) is 11.6. The van der Waals surface area contributed by atoms with Gasteiger partial charge in [-0.2, -0.15) is 0 Å². The van der Waals surface area contributed by atoms with E-state index in [2.05, 4.69) is 4.72 Å². The molecule has 0 spiro atoms. The number of ether oxygens (including phenoxy) is 2. The molecule has 164 valence electrons. The third-order valence-corrected chi connectivity index (χ3v) is 4.95. The van der Waals surface area contributed by atoms with Crippen molar-refractivity contribution in [2.75, 3.05) is 26.0 Å². The summed E-state index contributed by atoms with van der Waals surface area (Å²) in [5.41, 5.74) is 0.482. The van der Waals surface area contributed by atoms with Crippen LogP contribution in [-0.4, -0.2) is 51.3 Å². The minimum absolute atomic E-state index is 0.000293. The van der Waals surface area contributed by atoms with E-state index < -0.39 is 16.0 Å². The molecule has 1 aliphatic heterocycles. The highest BCUT2D eigenvalue weighted by atomic mass is 32.2. The Morgan fingerprint density at radius 1 is 1.20 bits per heavy atom. The molecular weight excluding hydrogens is 410 g/mol. The van der Waals surface area contributed by atoms with Crippen LogP contribution in [0.5, 0.6) is 11.5 Å². The van der Waals surface area contributed by atoms with Crippen LogP contribution in [0.15, 0.2) is 30.4 Å². The van der Waals surface area contributed by atoms with Crippen LogP contribution in [0, 0.1) is 0 Å². The number of allylic oxidation sites excluding steroid dienone is 2. The lowest BCUT2D eigenvalue weighted by Crippen LogP contribution is -2.24. The van der Waals surface area contributed by atoms with Gasteiger partial charge in [0.25, 0.3) is 0 Å². The largest absolute Gasteiger partial charge is 0.507 e. The van der Waals surface area contributed by atoms with Crippen LogP contribution in [0.2, 0.25) is 0 Å². The fourth-order valence-corrected chi connectivity index (χ4v) is 3.30. The normalized spacial score (nSPS) is 15.9. The number of phenols is 1. The number of nitrogens with one attached hydrogen (secondary N) is 1. The summed E-state index contributed by atoms with van der Waals surface area (Å²) in [5, 5.41) is 10.4. The van der Waals surface area contributed by atoms with E-state index in [9.17, 15) is 23.1 Å². The highest BCUT2D eigenvalue weighted by Crippen LogP contribution is 2.30. The molecule has 0 fully saturated rings. The summed E-state index contributed by atoms with van der Waals surface area (Å²) in [6.45, 7) is 0.455.